The molecule has 0 atom stereocenters. The largest absolute Gasteiger partial charge is 0.147 e. The predicted octanol–water partition coefficient (Wildman–Crippen LogP) is 3.39. The maximum Gasteiger partial charge on any atom is 0.0317 e. The van der Waals surface area contributed by atoms with Gasteiger partial charge in [-0.05, 0) is 47.2 Å². The van der Waals surface area contributed by atoms with E-state index in [-0.39, 0.29) is 0 Å². The van der Waals surface area contributed by atoms with Crippen molar-refractivity contribution < 1.29 is 0 Å². The van der Waals surface area contributed by atoms with E-state index in [4.69, 9.17) is 0 Å². The molecule has 0 spiro atoms. The van der Waals surface area contributed by atoms with Gasteiger partial charge < -0.3 is 0 Å². The first-order chi connectivity index (χ1) is 4.88. The second kappa shape index (κ2) is 2.67. The lowest BCUT2D eigenvalue weighted by Crippen LogP contribution is -1.97. The Morgan fingerprint density at radius 3 is 2.90 bits per heavy atom. The molecular weight excluding hydrogens is 208 g/mol. The third-order valence-electron chi connectivity index (χ3n) is 2.01. The van der Waals surface area contributed by atoms with Gasteiger partial charge in [0.15, 0.2) is 0 Å². The molecule has 0 aromatic carbocycles. The van der Waals surface area contributed by atoms with E-state index in [1.807, 2.05) is 11.3 Å². The highest BCUT2D eigenvalue weighted by atomic mass is 79.9. The highest BCUT2D eigenvalue weighted by Gasteiger charge is 2.13. The number of fused-ring (bicyclic) bond motifs is 1. The molecule has 1 aromatic rings. The summed E-state index contributed by atoms with van der Waals surface area (Å²) in [6.45, 7) is 0. The lowest BCUT2D eigenvalue weighted by Gasteiger charge is -2.09. The minimum Gasteiger partial charge on any atom is -0.147 e. The lowest BCUT2D eigenvalue weighted by molar-refractivity contribution is 0.695. The van der Waals surface area contributed by atoms with Crippen LogP contribution in [0.1, 0.15) is 23.3 Å². The molecule has 54 valence electrons. The number of hydrogen-bond acceptors (Lipinski definition) is 1. The lowest BCUT2D eigenvalue weighted by atomic mass is 10.00. The second-order valence-electron chi connectivity index (χ2n) is 2.69. The topological polar surface area (TPSA) is 0 Å². The van der Waals surface area contributed by atoms with Gasteiger partial charge in [0.05, 0.1) is 0 Å². The van der Waals surface area contributed by atoms with Crippen molar-refractivity contribution in [1.29, 1.82) is 0 Å². The van der Waals surface area contributed by atoms with Crippen LogP contribution in [0, 0.1) is 0 Å². The molecule has 1 heterocycles. The first kappa shape index (κ1) is 6.86. The SMILES string of the molecule is Brc1csc2c1CCCC2. The summed E-state index contributed by atoms with van der Waals surface area (Å²) in [5, 5.41) is 2.22. The van der Waals surface area contributed by atoms with Gasteiger partial charge in [-0.3, -0.25) is 0 Å². The van der Waals surface area contributed by atoms with E-state index in [2.05, 4.69) is 21.3 Å². The smallest absolute Gasteiger partial charge is 0.0317 e. The van der Waals surface area contributed by atoms with Gasteiger partial charge in [0, 0.05) is 14.7 Å². The van der Waals surface area contributed by atoms with E-state index in [1.165, 1.54) is 30.2 Å². The van der Waals surface area contributed by atoms with Gasteiger partial charge in [0.1, 0.15) is 0 Å². The Bertz CT molecular complexity index is 239. The number of rotatable bonds is 0. The van der Waals surface area contributed by atoms with Gasteiger partial charge in [0.25, 0.3) is 0 Å². The van der Waals surface area contributed by atoms with Gasteiger partial charge in [-0.15, -0.1) is 11.3 Å². The summed E-state index contributed by atoms with van der Waals surface area (Å²) in [5.74, 6) is 0. The van der Waals surface area contributed by atoms with E-state index in [9.17, 15) is 0 Å². The van der Waals surface area contributed by atoms with Crippen molar-refractivity contribution in [2.75, 3.05) is 0 Å². The van der Waals surface area contributed by atoms with Crippen LogP contribution in [0.25, 0.3) is 0 Å². The summed E-state index contributed by atoms with van der Waals surface area (Å²) in [5.41, 5.74) is 1.58. The quantitative estimate of drug-likeness (QED) is 0.624. The fourth-order valence-electron chi connectivity index (χ4n) is 1.45. The maximum absolute atomic E-state index is 3.56. The Morgan fingerprint density at radius 2 is 2.10 bits per heavy atom. The molecule has 1 aromatic heterocycles. The molecule has 0 nitrogen and oxygen atoms in total. The fourth-order valence-corrected chi connectivity index (χ4v) is 3.31. The highest BCUT2D eigenvalue weighted by Crippen LogP contribution is 2.33. The number of halogens is 1. The zero-order valence-corrected chi connectivity index (χ0v) is 8.09. The first-order valence-corrected chi connectivity index (χ1v) is 5.30. The van der Waals surface area contributed by atoms with Crippen molar-refractivity contribution in [2.45, 2.75) is 25.7 Å². The van der Waals surface area contributed by atoms with Crippen LogP contribution < -0.4 is 0 Å². The van der Waals surface area contributed by atoms with Crippen LogP contribution in [0.4, 0.5) is 0 Å². The van der Waals surface area contributed by atoms with Crippen LogP contribution in [-0.2, 0) is 12.8 Å². The van der Waals surface area contributed by atoms with E-state index in [0.29, 0.717) is 0 Å². The molecule has 0 bridgehead atoms. The van der Waals surface area contributed by atoms with Gasteiger partial charge in [-0.1, -0.05) is 0 Å². The summed E-state index contributed by atoms with van der Waals surface area (Å²) >= 11 is 5.47. The zero-order chi connectivity index (χ0) is 6.97. The van der Waals surface area contributed by atoms with E-state index in [1.54, 1.807) is 10.4 Å². The van der Waals surface area contributed by atoms with Crippen LogP contribution in [0.5, 0.6) is 0 Å². The molecule has 1 aliphatic rings. The van der Waals surface area contributed by atoms with E-state index < -0.39 is 0 Å². The average Bonchev–Trinajstić information content (AvgIpc) is 2.34. The van der Waals surface area contributed by atoms with E-state index in [0.717, 1.165) is 0 Å². The fraction of sp³-hybridized carbons (Fsp3) is 0.500. The zero-order valence-electron chi connectivity index (χ0n) is 5.69. The molecule has 0 fully saturated rings. The van der Waals surface area contributed by atoms with E-state index >= 15 is 0 Å². The van der Waals surface area contributed by atoms with Crippen LogP contribution in [-0.4, -0.2) is 0 Å². The molecule has 2 heteroatoms. The molecule has 2 rings (SSSR count). The summed E-state index contributed by atoms with van der Waals surface area (Å²) in [7, 11) is 0. The molecular formula is C8H9BrS. The van der Waals surface area contributed by atoms with Crippen molar-refractivity contribution in [3.05, 3.63) is 20.3 Å². The highest BCUT2D eigenvalue weighted by molar-refractivity contribution is 9.10. The molecule has 0 saturated carbocycles. The molecule has 0 N–H and O–H groups in total. The van der Waals surface area contributed by atoms with Crippen molar-refractivity contribution in [1.82, 2.24) is 0 Å². The number of thiophene rings is 1. The number of hydrogen-bond donors (Lipinski definition) is 0. The van der Waals surface area contributed by atoms with Gasteiger partial charge in [-0.25, -0.2) is 0 Å². The average molecular weight is 217 g/mol. The Morgan fingerprint density at radius 1 is 1.30 bits per heavy atom. The molecule has 1 aliphatic carbocycles. The third-order valence-corrected chi connectivity index (χ3v) is 4.11. The monoisotopic (exact) mass is 216 g/mol. The molecule has 0 aliphatic heterocycles. The molecule has 0 amide bonds. The normalized spacial score (nSPS) is 16.9. The van der Waals surface area contributed by atoms with Crippen LogP contribution in [0.15, 0.2) is 9.85 Å². The Balaban J connectivity index is 2.45. The van der Waals surface area contributed by atoms with Crippen molar-refractivity contribution >= 4 is 27.3 Å². The first-order valence-electron chi connectivity index (χ1n) is 3.62. The summed E-state index contributed by atoms with van der Waals surface area (Å²) < 4.78 is 1.34. The summed E-state index contributed by atoms with van der Waals surface area (Å²) in [6, 6.07) is 0. The van der Waals surface area contributed by atoms with Gasteiger partial charge in [-0.2, -0.15) is 0 Å². The predicted molar refractivity (Wildman–Crippen MR) is 48.7 cm³/mol. The van der Waals surface area contributed by atoms with Crippen LogP contribution in [0.3, 0.4) is 0 Å². The molecule has 0 saturated heterocycles. The van der Waals surface area contributed by atoms with Gasteiger partial charge >= 0.3 is 0 Å². The van der Waals surface area contributed by atoms with Crippen LogP contribution >= 0.6 is 27.3 Å². The molecule has 0 radical (unpaired) electrons. The minimum absolute atomic E-state index is 1.29. The Kier molecular flexibility index (Phi) is 1.83. The minimum atomic E-state index is 1.29. The van der Waals surface area contributed by atoms with Crippen LogP contribution in [0.2, 0.25) is 0 Å². The van der Waals surface area contributed by atoms with Crippen molar-refractivity contribution in [3.8, 4) is 0 Å². The third kappa shape index (κ3) is 1.04. The van der Waals surface area contributed by atoms with Crippen molar-refractivity contribution in [2.24, 2.45) is 0 Å². The van der Waals surface area contributed by atoms with Crippen molar-refractivity contribution in [3.63, 3.8) is 0 Å². The summed E-state index contributed by atoms with van der Waals surface area (Å²) in [4.78, 5) is 1.61. The maximum atomic E-state index is 3.56. The standard InChI is InChI=1S/C8H9BrS/c9-7-5-10-8-4-2-1-3-6(7)8/h5H,1-4H2. The van der Waals surface area contributed by atoms with Gasteiger partial charge in [0.2, 0.25) is 0 Å². The molecule has 10 heavy (non-hydrogen) atoms. The number of aryl methyl sites for hydroxylation is 1. The Hall–Kier alpha value is 0.180. The Labute approximate surface area is 73.4 Å². The second-order valence-corrected chi connectivity index (χ2v) is 4.51. The molecule has 0 unspecified atom stereocenters. The summed E-state index contributed by atoms with van der Waals surface area (Å²) in [6.07, 6.45) is 5.37.